The summed E-state index contributed by atoms with van der Waals surface area (Å²) in [6.07, 6.45) is -0.810. The summed E-state index contributed by atoms with van der Waals surface area (Å²) in [6.45, 7) is 3.20. The van der Waals surface area contributed by atoms with E-state index in [2.05, 4.69) is 5.32 Å². The Labute approximate surface area is 138 Å². The van der Waals surface area contributed by atoms with Gasteiger partial charge < -0.3 is 10.1 Å². The summed E-state index contributed by atoms with van der Waals surface area (Å²) in [5, 5.41) is 13.9. The highest BCUT2D eigenvalue weighted by Gasteiger charge is 2.18. The molecule has 1 unspecified atom stereocenters. The van der Waals surface area contributed by atoms with E-state index in [0.717, 1.165) is 0 Å². The summed E-state index contributed by atoms with van der Waals surface area (Å²) in [6, 6.07) is 11.3. The van der Waals surface area contributed by atoms with Gasteiger partial charge in [-0.05, 0) is 32.0 Å². The molecule has 2 rings (SSSR count). The Balaban J connectivity index is 2.08. The Morgan fingerprint density at radius 1 is 1.30 bits per heavy atom. The third kappa shape index (κ3) is 4.20. The number of benzene rings is 2. The summed E-state index contributed by atoms with van der Waals surface area (Å²) in [5.41, 5.74) is 0.803. The predicted octanol–water partition coefficient (Wildman–Crippen LogP) is 3.96. The van der Waals surface area contributed by atoms with Crippen LogP contribution in [-0.4, -0.2) is 16.9 Å². The van der Waals surface area contributed by atoms with Crippen LogP contribution in [0.4, 0.5) is 11.4 Å². The number of nitrogens with zero attached hydrogens (tertiary/aromatic N) is 1. The summed E-state index contributed by atoms with van der Waals surface area (Å²) in [4.78, 5) is 22.6. The Morgan fingerprint density at radius 2 is 2.00 bits per heavy atom. The monoisotopic (exact) mass is 334 g/mol. The Bertz CT molecular complexity index is 749. The van der Waals surface area contributed by atoms with Gasteiger partial charge in [0.05, 0.1) is 9.95 Å². The van der Waals surface area contributed by atoms with Gasteiger partial charge in [-0.1, -0.05) is 29.8 Å². The minimum Gasteiger partial charge on any atom is -0.479 e. The molecule has 0 spiro atoms. The number of carbonyl (C=O) groups excluding carboxylic acids is 1. The smallest absolute Gasteiger partial charge is 0.274 e. The first-order valence-electron chi connectivity index (χ1n) is 6.85. The Morgan fingerprint density at radius 3 is 2.65 bits per heavy atom. The van der Waals surface area contributed by atoms with Gasteiger partial charge in [-0.25, -0.2) is 0 Å². The molecular weight excluding hydrogens is 320 g/mol. The van der Waals surface area contributed by atoms with E-state index in [1.54, 1.807) is 50.2 Å². The fourth-order valence-electron chi connectivity index (χ4n) is 1.91. The summed E-state index contributed by atoms with van der Waals surface area (Å²) in [7, 11) is 0. The van der Waals surface area contributed by atoms with Crippen molar-refractivity contribution >= 4 is 28.9 Å². The standard InChI is InChI=1S/C16H15ClN2O4/c1-10-7-8-12(9-14(10)19(21)22)18-16(20)11(2)23-15-6-4-3-5-13(15)17/h3-9,11H,1-2H3,(H,18,20). The van der Waals surface area contributed by atoms with Gasteiger partial charge in [-0.3, -0.25) is 14.9 Å². The zero-order valence-electron chi connectivity index (χ0n) is 12.6. The van der Waals surface area contributed by atoms with Crippen LogP contribution in [0.2, 0.25) is 5.02 Å². The number of hydrogen-bond donors (Lipinski definition) is 1. The molecule has 0 saturated heterocycles. The maximum atomic E-state index is 12.1. The second-order valence-corrected chi connectivity index (χ2v) is 5.35. The number of ether oxygens (including phenoxy) is 1. The van der Waals surface area contributed by atoms with Gasteiger partial charge in [0.25, 0.3) is 11.6 Å². The fraction of sp³-hybridized carbons (Fsp3) is 0.188. The number of nitrogens with one attached hydrogen (secondary N) is 1. The third-order valence-electron chi connectivity index (χ3n) is 3.18. The molecule has 6 nitrogen and oxygen atoms in total. The van der Waals surface area contributed by atoms with E-state index in [9.17, 15) is 14.9 Å². The van der Waals surface area contributed by atoms with E-state index in [-0.39, 0.29) is 5.69 Å². The first-order chi connectivity index (χ1) is 10.9. The van der Waals surface area contributed by atoms with E-state index < -0.39 is 16.9 Å². The summed E-state index contributed by atoms with van der Waals surface area (Å²) < 4.78 is 5.50. The van der Waals surface area contributed by atoms with Crippen molar-refractivity contribution in [3.05, 3.63) is 63.2 Å². The number of aryl methyl sites for hydroxylation is 1. The second kappa shape index (κ2) is 7.11. The first-order valence-corrected chi connectivity index (χ1v) is 7.23. The minimum atomic E-state index is -0.810. The van der Waals surface area contributed by atoms with Gasteiger partial charge in [0.2, 0.25) is 0 Å². The van der Waals surface area contributed by atoms with Crippen molar-refractivity contribution in [1.29, 1.82) is 0 Å². The lowest BCUT2D eigenvalue weighted by Gasteiger charge is -2.15. The number of carbonyl (C=O) groups is 1. The van der Waals surface area contributed by atoms with Crippen molar-refractivity contribution in [2.24, 2.45) is 0 Å². The Kier molecular flexibility index (Phi) is 5.18. The van der Waals surface area contributed by atoms with Crippen molar-refractivity contribution in [3.63, 3.8) is 0 Å². The van der Waals surface area contributed by atoms with Crippen LogP contribution in [0.15, 0.2) is 42.5 Å². The lowest BCUT2D eigenvalue weighted by atomic mass is 10.2. The summed E-state index contributed by atoms with van der Waals surface area (Å²) in [5.74, 6) is -0.0326. The molecule has 2 aromatic carbocycles. The van der Waals surface area contributed by atoms with Crippen LogP contribution in [-0.2, 0) is 4.79 Å². The number of anilines is 1. The van der Waals surface area contributed by atoms with Crippen LogP contribution in [0.25, 0.3) is 0 Å². The number of hydrogen-bond acceptors (Lipinski definition) is 4. The highest BCUT2D eigenvalue weighted by molar-refractivity contribution is 6.32. The largest absolute Gasteiger partial charge is 0.479 e. The normalized spacial score (nSPS) is 11.6. The first kappa shape index (κ1) is 16.8. The van der Waals surface area contributed by atoms with Crippen LogP contribution in [0, 0.1) is 17.0 Å². The van der Waals surface area contributed by atoms with Gasteiger partial charge in [0.15, 0.2) is 6.10 Å². The topological polar surface area (TPSA) is 81.5 Å². The zero-order chi connectivity index (χ0) is 17.0. The molecule has 1 atom stereocenters. The maximum Gasteiger partial charge on any atom is 0.274 e. The molecule has 0 aliphatic heterocycles. The number of nitro benzene ring substituents is 1. The molecule has 2 aromatic rings. The molecule has 0 aromatic heterocycles. The van der Waals surface area contributed by atoms with E-state index >= 15 is 0 Å². The molecule has 0 heterocycles. The minimum absolute atomic E-state index is 0.0533. The van der Waals surface area contributed by atoms with Crippen molar-refractivity contribution in [2.75, 3.05) is 5.32 Å². The van der Waals surface area contributed by atoms with Crippen molar-refractivity contribution in [3.8, 4) is 5.75 Å². The van der Waals surface area contributed by atoms with Crippen LogP contribution in [0.5, 0.6) is 5.75 Å². The fourth-order valence-corrected chi connectivity index (χ4v) is 2.09. The van der Waals surface area contributed by atoms with Crippen LogP contribution in [0.1, 0.15) is 12.5 Å². The molecule has 1 N–H and O–H groups in total. The van der Waals surface area contributed by atoms with E-state index in [0.29, 0.717) is 22.0 Å². The summed E-state index contributed by atoms with van der Waals surface area (Å²) >= 11 is 5.97. The number of rotatable bonds is 5. The molecule has 7 heteroatoms. The van der Waals surface area contributed by atoms with Gasteiger partial charge >= 0.3 is 0 Å². The number of amides is 1. The van der Waals surface area contributed by atoms with E-state index in [4.69, 9.17) is 16.3 Å². The number of halogens is 1. The average Bonchev–Trinajstić information content (AvgIpc) is 2.51. The average molecular weight is 335 g/mol. The van der Waals surface area contributed by atoms with Crippen LogP contribution < -0.4 is 10.1 Å². The molecule has 0 aliphatic carbocycles. The van der Waals surface area contributed by atoms with Gasteiger partial charge in [-0.15, -0.1) is 0 Å². The SMILES string of the molecule is Cc1ccc(NC(=O)C(C)Oc2ccccc2Cl)cc1[N+](=O)[O-]. The second-order valence-electron chi connectivity index (χ2n) is 4.94. The predicted molar refractivity (Wildman–Crippen MR) is 88.0 cm³/mol. The van der Waals surface area contributed by atoms with Crippen LogP contribution in [0.3, 0.4) is 0 Å². The maximum absolute atomic E-state index is 12.1. The highest BCUT2D eigenvalue weighted by atomic mass is 35.5. The molecule has 0 bridgehead atoms. The van der Waals surface area contributed by atoms with Crippen molar-refractivity contribution in [1.82, 2.24) is 0 Å². The third-order valence-corrected chi connectivity index (χ3v) is 3.50. The molecule has 0 radical (unpaired) electrons. The number of nitro groups is 1. The Hall–Kier alpha value is -2.60. The van der Waals surface area contributed by atoms with Gasteiger partial charge in [0.1, 0.15) is 5.75 Å². The number of para-hydroxylation sites is 1. The molecule has 1 amide bonds. The molecule has 0 saturated carbocycles. The molecule has 0 aliphatic rings. The molecular formula is C16H15ClN2O4. The molecule has 23 heavy (non-hydrogen) atoms. The highest BCUT2D eigenvalue weighted by Crippen LogP contribution is 2.25. The van der Waals surface area contributed by atoms with E-state index in [1.165, 1.54) is 6.07 Å². The lowest BCUT2D eigenvalue weighted by Crippen LogP contribution is -2.30. The van der Waals surface area contributed by atoms with Crippen molar-refractivity contribution < 1.29 is 14.5 Å². The lowest BCUT2D eigenvalue weighted by molar-refractivity contribution is -0.385. The van der Waals surface area contributed by atoms with Crippen molar-refractivity contribution in [2.45, 2.75) is 20.0 Å². The molecule has 0 fully saturated rings. The van der Waals surface area contributed by atoms with Gasteiger partial charge in [0, 0.05) is 17.3 Å². The van der Waals surface area contributed by atoms with Crippen LogP contribution >= 0.6 is 11.6 Å². The zero-order valence-corrected chi connectivity index (χ0v) is 13.3. The van der Waals surface area contributed by atoms with E-state index in [1.807, 2.05) is 0 Å². The molecule has 120 valence electrons. The quantitative estimate of drug-likeness (QED) is 0.662. The van der Waals surface area contributed by atoms with Gasteiger partial charge in [-0.2, -0.15) is 0 Å².